The molecule has 0 saturated carbocycles. The molecule has 0 aliphatic carbocycles. The van der Waals surface area contributed by atoms with Crippen molar-refractivity contribution in [3.63, 3.8) is 0 Å². The highest BCUT2D eigenvalue weighted by Gasteiger charge is 2.18. The van der Waals surface area contributed by atoms with Crippen molar-refractivity contribution in [2.24, 2.45) is 0 Å². The van der Waals surface area contributed by atoms with Crippen LogP contribution in [0.2, 0.25) is 0 Å². The lowest BCUT2D eigenvalue weighted by Crippen LogP contribution is -1.98. The van der Waals surface area contributed by atoms with E-state index in [1.807, 2.05) is 22.7 Å². The van der Waals surface area contributed by atoms with Crippen molar-refractivity contribution < 1.29 is 0 Å². The maximum atomic E-state index is 2.52. The first-order valence-corrected chi connectivity index (χ1v) is 18.2. The smallest absolute Gasteiger partial charge is 0.0526 e. The molecule has 1 aromatic carbocycles. The lowest BCUT2D eigenvalue weighted by Gasteiger charge is -2.14. The normalized spacial score (nSPS) is 11.9. The first-order valence-electron chi connectivity index (χ1n) is 16.6. The molecule has 2 heteroatoms. The molecule has 0 N–H and O–H groups in total. The third kappa shape index (κ3) is 10.3. The average Bonchev–Trinajstić information content (AvgIpc) is 3.49. The molecular weight excluding hydrogens is 497 g/mol. The van der Waals surface area contributed by atoms with Gasteiger partial charge in [-0.1, -0.05) is 129 Å². The average molecular weight is 555 g/mol. The molecule has 0 radical (unpaired) electrons. The van der Waals surface area contributed by atoms with Crippen LogP contribution >= 0.6 is 22.7 Å². The molecule has 0 aliphatic heterocycles. The zero-order valence-electron chi connectivity index (χ0n) is 25.5. The van der Waals surface area contributed by atoms with Crippen LogP contribution in [0.3, 0.4) is 0 Å². The van der Waals surface area contributed by atoms with Crippen LogP contribution in [0.4, 0.5) is 0 Å². The van der Waals surface area contributed by atoms with Gasteiger partial charge in [-0.2, -0.15) is 0 Å². The molecule has 0 nitrogen and oxygen atoms in total. The first-order chi connectivity index (χ1) is 18.7. The van der Waals surface area contributed by atoms with E-state index < -0.39 is 0 Å². The second-order valence-corrected chi connectivity index (χ2v) is 14.5. The van der Waals surface area contributed by atoms with E-state index >= 15 is 0 Å². The van der Waals surface area contributed by atoms with Gasteiger partial charge in [-0.3, -0.25) is 0 Å². The van der Waals surface area contributed by atoms with Gasteiger partial charge in [0.1, 0.15) is 0 Å². The molecule has 0 fully saturated rings. The fourth-order valence-corrected chi connectivity index (χ4v) is 8.53. The maximum Gasteiger partial charge on any atom is 0.0526 e. The van der Waals surface area contributed by atoms with Crippen LogP contribution in [-0.4, -0.2) is 0 Å². The van der Waals surface area contributed by atoms with Crippen LogP contribution in [0.1, 0.15) is 163 Å². The van der Waals surface area contributed by atoms with E-state index in [9.17, 15) is 0 Å². The van der Waals surface area contributed by atoms with Crippen LogP contribution in [0.15, 0.2) is 12.1 Å². The number of thiophene rings is 2. The zero-order valence-corrected chi connectivity index (χ0v) is 27.2. The summed E-state index contributed by atoms with van der Waals surface area (Å²) in [7, 11) is 0. The van der Waals surface area contributed by atoms with Crippen molar-refractivity contribution in [2.45, 2.75) is 169 Å². The molecule has 3 aromatic rings. The second kappa shape index (κ2) is 18.5. The number of hydrogen-bond acceptors (Lipinski definition) is 2. The summed E-state index contributed by atoms with van der Waals surface area (Å²) in [5.74, 6) is 0. The van der Waals surface area contributed by atoms with Crippen molar-refractivity contribution >= 4 is 42.8 Å². The van der Waals surface area contributed by atoms with E-state index in [4.69, 9.17) is 0 Å². The molecule has 0 aliphatic rings. The lowest BCUT2D eigenvalue weighted by molar-refractivity contribution is 0.554. The van der Waals surface area contributed by atoms with Gasteiger partial charge in [0.25, 0.3) is 0 Å². The molecule has 3 rings (SSSR count). The molecule has 0 spiro atoms. The first kappa shape index (κ1) is 31.7. The van der Waals surface area contributed by atoms with Crippen LogP contribution in [0.5, 0.6) is 0 Å². The summed E-state index contributed by atoms with van der Waals surface area (Å²) in [4.78, 5) is 2.96. The van der Waals surface area contributed by atoms with Crippen molar-refractivity contribution in [2.75, 3.05) is 0 Å². The molecule has 214 valence electrons. The quantitative estimate of drug-likeness (QED) is 0.108. The van der Waals surface area contributed by atoms with Crippen LogP contribution in [-0.2, 0) is 12.8 Å². The number of fused-ring (bicyclic) bond motifs is 3. The Morgan fingerprint density at radius 1 is 0.421 bits per heavy atom. The highest BCUT2D eigenvalue weighted by molar-refractivity contribution is 7.27. The standard InChI is InChI=1S/C36H58S2/c1-5-7-9-11-13-15-17-19-21-23-25-31-32(26-24-22-20-18-16-14-12-10-8-6-2)34-28-30(4)38-36(34)35-33(31)27-29(3)37-35/h27-28H,5-26H2,1-4H3. The minimum Gasteiger partial charge on any atom is -0.139 e. The number of aryl methyl sites for hydroxylation is 4. The topological polar surface area (TPSA) is 0 Å². The van der Waals surface area contributed by atoms with Gasteiger partial charge in [-0.05, 0) is 73.6 Å². The van der Waals surface area contributed by atoms with Gasteiger partial charge in [0, 0.05) is 9.75 Å². The number of unbranched alkanes of at least 4 members (excludes halogenated alkanes) is 18. The van der Waals surface area contributed by atoms with E-state index in [1.54, 1.807) is 31.3 Å². The summed E-state index contributed by atoms with van der Waals surface area (Å²) in [5.41, 5.74) is 3.43. The lowest BCUT2D eigenvalue weighted by atomic mass is 9.91. The molecule has 2 heterocycles. The summed E-state index contributed by atoms with van der Waals surface area (Å²) in [6.45, 7) is 9.24. The second-order valence-electron chi connectivity index (χ2n) is 12.0. The van der Waals surface area contributed by atoms with Gasteiger partial charge >= 0.3 is 0 Å². The zero-order chi connectivity index (χ0) is 27.0. The minimum absolute atomic E-state index is 1.28. The Kier molecular flexibility index (Phi) is 15.4. The Balaban J connectivity index is 1.55. The largest absolute Gasteiger partial charge is 0.139 e. The maximum absolute atomic E-state index is 2.52. The number of benzene rings is 1. The summed E-state index contributed by atoms with van der Waals surface area (Å²) in [6.07, 6.45) is 30.9. The Morgan fingerprint density at radius 3 is 1.03 bits per heavy atom. The van der Waals surface area contributed by atoms with E-state index in [-0.39, 0.29) is 0 Å². The van der Waals surface area contributed by atoms with E-state index in [0.29, 0.717) is 0 Å². The fraction of sp³-hybridized carbons (Fsp3) is 0.722. The van der Waals surface area contributed by atoms with Gasteiger partial charge in [-0.15, -0.1) is 22.7 Å². The molecule has 2 aromatic heterocycles. The van der Waals surface area contributed by atoms with E-state index in [2.05, 4.69) is 39.8 Å². The van der Waals surface area contributed by atoms with Gasteiger partial charge in [0.2, 0.25) is 0 Å². The Morgan fingerprint density at radius 2 is 0.711 bits per heavy atom. The van der Waals surface area contributed by atoms with E-state index in [0.717, 1.165) is 0 Å². The van der Waals surface area contributed by atoms with Gasteiger partial charge in [0.05, 0.1) is 9.40 Å². The highest BCUT2D eigenvalue weighted by Crippen LogP contribution is 2.43. The molecule has 0 atom stereocenters. The minimum atomic E-state index is 1.28. The van der Waals surface area contributed by atoms with E-state index in [1.165, 1.54) is 151 Å². The van der Waals surface area contributed by atoms with Crippen molar-refractivity contribution in [1.82, 2.24) is 0 Å². The van der Waals surface area contributed by atoms with Crippen molar-refractivity contribution in [3.8, 4) is 0 Å². The highest BCUT2D eigenvalue weighted by atomic mass is 32.1. The molecule has 0 amide bonds. The predicted molar refractivity (Wildman–Crippen MR) is 178 cm³/mol. The van der Waals surface area contributed by atoms with Crippen LogP contribution in [0, 0.1) is 13.8 Å². The monoisotopic (exact) mass is 554 g/mol. The molecule has 0 bridgehead atoms. The number of hydrogen-bond donors (Lipinski definition) is 0. The Bertz CT molecular complexity index is 953. The van der Waals surface area contributed by atoms with Crippen molar-refractivity contribution in [3.05, 3.63) is 33.0 Å². The fourth-order valence-electron chi connectivity index (χ4n) is 6.29. The molecule has 38 heavy (non-hydrogen) atoms. The van der Waals surface area contributed by atoms with Gasteiger partial charge < -0.3 is 0 Å². The predicted octanol–water partition coefficient (Wildman–Crippen LogP) is 13.7. The third-order valence-corrected chi connectivity index (χ3v) is 10.8. The molecule has 0 saturated heterocycles. The third-order valence-electron chi connectivity index (χ3n) is 8.49. The Labute approximate surface area is 244 Å². The summed E-state index contributed by atoms with van der Waals surface area (Å²) < 4.78 is 3.15. The number of rotatable bonds is 22. The van der Waals surface area contributed by atoms with Crippen molar-refractivity contribution in [1.29, 1.82) is 0 Å². The summed E-state index contributed by atoms with van der Waals surface area (Å²) in [6, 6.07) is 5.03. The summed E-state index contributed by atoms with van der Waals surface area (Å²) >= 11 is 4.06. The molecular formula is C36H58S2. The molecule has 0 unspecified atom stereocenters. The Hall–Kier alpha value is -0.860. The van der Waals surface area contributed by atoms with Gasteiger partial charge in [-0.25, -0.2) is 0 Å². The van der Waals surface area contributed by atoms with Gasteiger partial charge in [0.15, 0.2) is 0 Å². The SMILES string of the molecule is CCCCCCCCCCCCc1c(CCCCCCCCCCCC)c2cc(C)sc2c2sc(C)cc12. The summed E-state index contributed by atoms with van der Waals surface area (Å²) in [5, 5.41) is 3.19. The van der Waals surface area contributed by atoms with Crippen LogP contribution in [0.25, 0.3) is 20.2 Å². The van der Waals surface area contributed by atoms with Crippen LogP contribution < -0.4 is 0 Å².